The average molecular weight is 581 g/mol. The van der Waals surface area contributed by atoms with E-state index in [1.807, 2.05) is 0 Å². The zero-order valence-corrected chi connectivity index (χ0v) is 22.2. The van der Waals surface area contributed by atoms with E-state index in [0.29, 0.717) is 21.2 Å². The first-order chi connectivity index (χ1) is 19.0. The Morgan fingerprint density at radius 1 is 0.650 bits per heavy atom. The molecule has 0 radical (unpaired) electrons. The standard InChI is InChI=1S/C29H22Cl2N2O7/c30-21-5-1-17(2-6-21)25(15-19-13-23(32(37)38)9-11-27(19)34)29(36)26(18-3-7-22(31)8-4-18)16-20-14-24(33(39)40)10-12-28(20)35/h1-14,25-26,34-35H,15-16H2. The van der Waals surface area contributed by atoms with Gasteiger partial charge in [0.05, 0.1) is 9.85 Å². The number of rotatable bonds is 10. The monoisotopic (exact) mass is 580 g/mol. The molecule has 0 spiro atoms. The van der Waals surface area contributed by atoms with Crippen molar-refractivity contribution in [3.8, 4) is 11.5 Å². The van der Waals surface area contributed by atoms with Crippen molar-refractivity contribution < 1.29 is 24.9 Å². The van der Waals surface area contributed by atoms with Gasteiger partial charge in [-0.25, -0.2) is 0 Å². The fourth-order valence-corrected chi connectivity index (χ4v) is 4.79. The third-order valence-corrected chi connectivity index (χ3v) is 7.13. The summed E-state index contributed by atoms with van der Waals surface area (Å²) in [4.78, 5) is 36.0. The summed E-state index contributed by atoms with van der Waals surface area (Å²) in [5.41, 5.74) is 0.980. The van der Waals surface area contributed by atoms with Gasteiger partial charge in [0.1, 0.15) is 17.3 Å². The number of hydrogen-bond acceptors (Lipinski definition) is 7. The molecule has 0 heterocycles. The highest BCUT2D eigenvalue weighted by Crippen LogP contribution is 2.37. The fraction of sp³-hybridized carbons (Fsp3) is 0.138. The molecule has 11 heteroatoms. The molecular formula is C29H22Cl2N2O7. The number of nitro benzene ring substituents is 2. The number of ketones is 1. The van der Waals surface area contributed by atoms with Gasteiger partial charge >= 0.3 is 0 Å². The number of aromatic hydroxyl groups is 2. The molecule has 0 aliphatic heterocycles. The molecule has 0 saturated heterocycles. The molecule has 2 N–H and O–H groups in total. The average Bonchev–Trinajstić information content (AvgIpc) is 2.92. The number of hydrogen-bond donors (Lipinski definition) is 2. The minimum Gasteiger partial charge on any atom is -0.508 e. The van der Waals surface area contributed by atoms with Crippen molar-refractivity contribution in [2.75, 3.05) is 0 Å². The summed E-state index contributed by atoms with van der Waals surface area (Å²) in [6.45, 7) is 0. The van der Waals surface area contributed by atoms with Crippen molar-refractivity contribution in [2.45, 2.75) is 24.7 Å². The van der Waals surface area contributed by atoms with Crippen LogP contribution in [0.15, 0.2) is 84.9 Å². The van der Waals surface area contributed by atoms with Gasteiger partial charge in [0, 0.05) is 57.3 Å². The van der Waals surface area contributed by atoms with E-state index in [-0.39, 0.29) is 52.6 Å². The number of Topliss-reactive ketones (excluding diaryl/α,β-unsaturated/α-hetero) is 1. The van der Waals surface area contributed by atoms with Gasteiger partial charge in [-0.1, -0.05) is 47.5 Å². The van der Waals surface area contributed by atoms with Crippen LogP contribution in [0.25, 0.3) is 0 Å². The number of non-ortho nitro benzene ring substituents is 2. The quantitative estimate of drug-likeness (QED) is 0.150. The van der Waals surface area contributed by atoms with Crippen LogP contribution in [-0.4, -0.2) is 25.8 Å². The summed E-state index contributed by atoms with van der Waals surface area (Å²) < 4.78 is 0. The summed E-state index contributed by atoms with van der Waals surface area (Å²) in [6, 6.07) is 20.2. The number of halogens is 2. The second kappa shape index (κ2) is 12.1. The molecule has 0 aliphatic carbocycles. The highest BCUT2D eigenvalue weighted by Gasteiger charge is 2.32. The van der Waals surface area contributed by atoms with Crippen LogP contribution in [0.4, 0.5) is 11.4 Å². The van der Waals surface area contributed by atoms with E-state index in [4.69, 9.17) is 23.2 Å². The Balaban J connectivity index is 1.83. The number of phenolic OH excluding ortho intramolecular Hbond substituents is 2. The first kappa shape index (κ1) is 28.5. The molecule has 0 saturated carbocycles. The Labute approximate surface area is 238 Å². The van der Waals surface area contributed by atoms with E-state index in [2.05, 4.69) is 0 Å². The summed E-state index contributed by atoms with van der Waals surface area (Å²) in [7, 11) is 0. The molecule has 0 amide bonds. The minimum atomic E-state index is -0.910. The lowest BCUT2D eigenvalue weighted by Crippen LogP contribution is -2.24. The zero-order chi connectivity index (χ0) is 29.0. The first-order valence-corrected chi connectivity index (χ1v) is 12.8. The van der Waals surface area contributed by atoms with Gasteiger partial charge in [-0.15, -0.1) is 0 Å². The SMILES string of the molecule is O=C(C(Cc1cc([N+](=O)[O-])ccc1O)c1ccc(Cl)cc1)C(Cc1cc([N+](=O)[O-])ccc1O)c1ccc(Cl)cc1. The van der Waals surface area contributed by atoms with Gasteiger partial charge in [-0.2, -0.15) is 0 Å². The van der Waals surface area contributed by atoms with Crippen LogP contribution >= 0.6 is 23.2 Å². The molecule has 40 heavy (non-hydrogen) atoms. The molecule has 4 aromatic rings. The van der Waals surface area contributed by atoms with E-state index in [1.165, 1.54) is 36.4 Å². The maximum absolute atomic E-state index is 14.4. The molecule has 0 fully saturated rings. The van der Waals surface area contributed by atoms with Crippen LogP contribution in [0.5, 0.6) is 11.5 Å². The van der Waals surface area contributed by atoms with Crippen molar-refractivity contribution >= 4 is 40.4 Å². The van der Waals surface area contributed by atoms with Crippen LogP contribution in [0.1, 0.15) is 34.1 Å². The van der Waals surface area contributed by atoms with Crippen LogP contribution in [0, 0.1) is 20.2 Å². The normalized spacial score (nSPS) is 12.4. The van der Waals surface area contributed by atoms with E-state index in [9.17, 15) is 35.2 Å². The van der Waals surface area contributed by atoms with Crippen molar-refractivity contribution in [1.82, 2.24) is 0 Å². The van der Waals surface area contributed by atoms with Crippen molar-refractivity contribution in [2.24, 2.45) is 0 Å². The Morgan fingerprint density at radius 3 is 1.32 bits per heavy atom. The van der Waals surface area contributed by atoms with Crippen molar-refractivity contribution in [3.05, 3.63) is 137 Å². The lowest BCUT2D eigenvalue weighted by Gasteiger charge is -2.24. The third-order valence-electron chi connectivity index (χ3n) is 6.63. The molecule has 204 valence electrons. The van der Waals surface area contributed by atoms with Crippen molar-refractivity contribution in [3.63, 3.8) is 0 Å². The van der Waals surface area contributed by atoms with Gasteiger partial charge in [-0.3, -0.25) is 25.0 Å². The molecular weight excluding hydrogens is 559 g/mol. The lowest BCUT2D eigenvalue weighted by molar-refractivity contribution is -0.385. The molecule has 0 bridgehead atoms. The molecule has 4 aromatic carbocycles. The second-order valence-electron chi connectivity index (χ2n) is 9.16. The highest BCUT2D eigenvalue weighted by molar-refractivity contribution is 6.30. The Bertz CT molecular complexity index is 1460. The predicted molar refractivity (Wildman–Crippen MR) is 150 cm³/mol. The topological polar surface area (TPSA) is 144 Å². The smallest absolute Gasteiger partial charge is 0.269 e. The maximum atomic E-state index is 14.4. The van der Waals surface area contributed by atoms with Gasteiger partial charge in [0.25, 0.3) is 11.4 Å². The molecule has 4 rings (SSSR count). The van der Waals surface area contributed by atoms with Gasteiger partial charge in [-0.05, 0) is 60.4 Å². The highest BCUT2D eigenvalue weighted by atomic mass is 35.5. The Morgan fingerprint density at radius 2 is 1.00 bits per heavy atom. The molecule has 2 unspecified atom stereocenters. The second-order valence-corrected chi connectivity index (χ2v) is 10.0. The molecule has 0 aliphatic rings. The van der Waals surface area contributed by atoms with E-state index < -0.39 is 21.7 Å². The van der Waals surface area contributed by atoms with Gasteiger partial charge in [0.15, 0.2) is 0 Å². The number of carbonyl (C=O) groups is 1. The van der Waals surface area contributed by atoms with Crippen LogP contribution in [-0.2, 0) is 17.6 Å². The maximum Gasteiger partial charge on any atom is 0.269 e. The number of benzene rings is 4. The fourth-order valence-electron chi connectivity index (χ4n) is 4.54. The van der Waals surface area contributed by atoms with E-state index >= 15 is 0 Å². The third kappa shape index (κ3) is 6.56. The lowest BCUT2D eigenvalue weighted by atomic mass is 9.78. The first-order valence-electron chi connectivity index (χ1n) is 12.0. The van der Waals surface area contributed by atoms with Crippen LogP contribution in [0.3, 0.4) is 0 Å². The summed E-state index contributed by atoms with van der Waals surface area (Å²) in [5.74, 6) is -2.59. The largest absolute Gasteiger partial charge is 0.508 e. The van der Waals surface area contributed by atoms with Gasteiger partial charge < -0.3 is 10.2 Å². The van der Waals surface area contributed by atoms with E-state index in [1.54, 1.807) is 48.5 Å². The van der Waals surface area contributed by atoms with E-state index in [0.717, 1.165) is 0 Å². The van der Waals surface area contributed by atoms with Crippen LogP contribution < -0.4 is 0 Å². The number of nitro groups is 2. The Kier molecular flexibility index (Phi) is 8.67. The van der Waals surface area contributed by atoms with Gasteiger partial charge in [0.2, 0.25) is 0 Å². The summed E-state index contributed by atoms with van der Waals surface area (Å²) in [6.07, 6.45) is -0.169. The molecule has 2 atom stereocenters. The summed E-state index contributed by atoms with van der Waals surface area (Å²) >= 11 is 12.2. The number of nitrogens with zero attached hydrogens (tertiary/aromatic N) is 2. The minimum absolute atomic E-state index is 0.0843. The molecule has 0 aromatic heterocycles. The summed E-state index contributed by atoms with van der Waals surface area (Å²) in [5, 5.41) is 44.7. The number of phenols is 2. The van der Waals surface area contributed by atoms with Crippen molar-refractivity contribution in [1.29, 1.82) is 0 Å². The zero-order valence-electron chi connectivity index (χ0n) is 20.7. The molecule has 9 nitrogen and oxygen atoms in total. The predicted octanol–water partition coefficient (Wildman–Crippen LogP) is 7.14. The van der Waals surface area contributed by atoms with Crippen LogP contribution in [0.2, 0.25) is 10.0 Å². The Hall–Kier alpha value is -4.47. The number of carbonyl (C=O) groups excluding carboxylic acids is 1.